The molecule has 0 radical (unpaired) electrons. The number of hydrogen-bond acceptors (Lipinski definition) is 3. The molecule has 0 saturated heterocycles. The van der Waals surface area contributed by atoms with E-state index in [2.05, 4.69) is 28.2 Å². The highest BCUT2D eigenvalue weighted by molar-refractivity contribution is 9.10. The summed E-state index contributed by atoms with van der Waals surface area (Å²) in [4.78, 5) is 25.6. The summed E-state index contributed by atoms with van der Waals surface area (Å²) in [5, 5.41) is 3.44. The first-order valence-electron chi connectivity index (χ1n) is 7.47. The zero-order chi connectivity index (χ0) is 16.6. The Bertz CT molecular complexity index is 785. The van der Waals surface area contributed by atoms with Crippen molar-refractivity contribution < 1.29 is 9.59 Å². The number of anilines is 1. The quantitative estimate of drug-likeness (QED) is 0.828. The summed E-state index contributed by atoms with van der Waals surface area (Å²) < 4.78 is 0.716. The molecule has 2 aromatic rings. The number of fused-ring (bicyclic) bond motifs is 1. The standard InChI is InChI=1S/C17H17BrN2O2S/c1-9-6-7-13-11(8-9)14(15(19)21)17(23-13)20-16(22)10-4-2-3-5-12(10)18/h2-5,9H,6-8H2,1H3,(H2,19,21)(H,20,22)/t9-/m1/s1. The van der Waals surface area contributed by atoms with Gasteiger partial charge in [0.15, 0.2) is 0 Å². The fourth-order valence-corrected chi connectivity index (χ4v) is 4.63. The average molecular weight is 393 g/mol. The largest absolute Gasteiger partial charge is 0.365 e. The van der Waals surface area contributed by atoms with E-state index in [0.717, 1.165) is 24.8 Å². The third kappa shape index (κ3) is 3.19. The molecule has 2 amide bonds. The Morgan fingerprint density at radius 1 is 1.35 bits per heavy atom. The third-order valence-corrected chi connectivity index (χ3v) is 6.00. The minimum atomic E-state index is -0.473. The van der Waals surface area contributed by atoms with Crippen molar-refractivity contribution >= 4 is 44.1 Å². The van der Waals surface area contributed by atoms with Gasteiger partial charge in [0.05, 0.1) is 11.1 Å². The van der Waals surface area contributed by atoms with E-state index in [1.807, 2.05) is 12.1 Å². The molecule has 1 aromatic carbocycles. The molecule has 1 aliphatic rings. The van der Waals surface area contributed by atoms with E-state index in [9.17, 15) is 9.59 Å². The van der Waals surface area contributed by atoms with Crippen LogP contribution in [0.1, 0.15) is 44.5 Å². The van der Waals surface area contributed by atoms with Crippen molar-refractivity contribution in [3.05, 3.63) is 50.3 Å². The molecule has 120 valence electrons. The van der Waals surface area contributed by atoms with Gasteiger partial charge in [-0.1, -0.05) is 19.1 Å². The van der Waals surface area contributed by atoms with Crippen LogP contribution in [-0.2, 0) is 12.8 Å². The minimum Gasteiger partial charge on any atom is -0.365 e. The molecule has 3 N–H and O–H groups in total. The highest BCUT2D eigenvalue weighted by Crippen LogP contribution is 2.39. The number of hydrogen-bond donors (Lipinski definition) is 2. The number of rotatable bonds is 3. The average Bonchev–Trinajstić information content (AvgIpc) is 2.84. The van der Waals surface area contributed by atoms with Gasteiger partial charge >= 0.3 is 0 Å². The summed E-state index contributed by atoms with van der Waals surface area (Å²) in [6, 6.07) is 7.20. The third-order valence-electron chi connectivity index (χ3n) is 4.10. The molecule has 0 bridgehead atoms. The summed E-state index contributed by atoms with van der Waals surface area (Å²) in [7, 11) is 0. The number of amides is 2. The van der Waals surface area contributed by atoms with Gasteiger partial charge in [0.2, 0.25) is 0 Å². The molecule has 0 fully saturated rings. The fourth-order valence-electron chi connectivity index (χ4n) is 2.92. The van der Waals surface area contributed by atoms with Crippen molar-refractivity contribution in [2.45, 2.75) is 26.2 Å². The first-order valence-corrected chi connectivity index (χ1v) is 9.08. The summed E-state index contributed by atoms with van der Waals surface area (Å²) in [5.41, 5.74) is 7.61. The van der Waals surface area contributed by atoms with Crippen molar-refractivity contribution in [3.63, 3.8) is 0 Å². The molecule has 6 heteroatoms. The van der Waals surface area contributed by atoms with Gasteiger partial charge in [-0.2, -0.15) is 0 Å². The molecular formula is C17H17BrN2O2S. The molecule has 3 rings (SSSR count). The number of primary amides is 1. The van der Waals surface area contributed by atoms with Gasteiger partial charge in [0.1, 0.15) is 5.00 Å². The van der Waals surface area contributed by atoms with Gasteiger partial charge in [0, 0.05) is 9.35 Å². The van der Waals surface area contributed by atoms with Crippen LogP contribution >= 0.6 is 27.3 Å². The lowest BCUT2D eigenvalue weighted by molar-refractivity contribution is 0.1000. The molecule has 0 spiro atoms. The van der Waals surface area contributed by atoms with Crippen LogP contribution in [0.4, 0.5) is 5.00 Å². The SMILES string of the molecule is C[C@@H]1CCc2sc(NC(=O)c3ccccc3Br)c(C(N)=O)c2C1. The predicted octanol–water partition coefficient (Wildman–Crippen LogP) is 3.99. The van der Waals surface area contributed by atoms with Crippen molar-refractivity contribution in [1.29, 1.82) is 0 Å². The van der Waals surface area contributed by atoms with Crippen LogP contribution < -0.4 is 11.1 Å². The first kappa shape index (κ1) is 16.2. The molecule has 1 aromatic heterocycles. The smallest absolute Gasteiger partial charge is 0.257 e. The minimum absolute atomic E-state index is 0.244. The lowest BCUT2D eigenvalue weighted by Gasteiger charge is -2.18. The zero-order valence-electron chi connectivity index (χ0n) is 12.7. The van der Waals surface area contributed by atoms with Crippen LogP contribution in [0.2, 0.25) is 0 Å². The van der Waals surface area contributed by atoms with Crippen molar-refractivity contribution in [2.24, 2.45) is 11.7 Å². The van der Waals surface area contributed by atoms with Gasteiger partial charge in [-0.3, -0.25) is 9.59 Å². The maximum atomic E-state index is 12.5. The molecule has 23 heavy (non-hydrogen) atoms. The van der Waals surface area contributed by atoms with E-state index in [1.54, 1.807) is 12.1 Å². The molecule has 4 nitrogen and oxygen atoms in total. The van der Waals surface area contributed by atoms with Gasteiger partial charge in [-0.25, -0.2) is 0 Å². The van der Waals surface area contributed by atoms with Gasteiger partial charge in [-0.15, -0.1) is 11.3 Å². The summed E-state index contributed by atoms with van der Waals surface area (Å²) in [5.74, 6) is -0.187. The zero-order valence-corrected chi connectivity index (χ0v) is 15.1. The Kier molecular flexibility index (Phi) is 4.55. The highest BCUT2D eigenvalue weighted by atomic mass is 79.9. The normalized spacial score (nSPS) is 16.7. The van der Waals surface area contributed by atoms with E-state index in [1.165, 1.54) is 16.2 Å². The molecule has 0 saturated carbocycles. The molecular weight excluding hydrogens is 376 g/mol. The van der Waals surface area contributed by atoms with E-state index < -0.39 is 5.91 Å². The van der Waals surface area contributed by atoms with Crippen LogP contribution in [0.3, 0.4) is 0 Å². The maximum Gasteiger partial charge on any atom is 0.257 e. The number of halogens is 1. The summed E-state index contributed by atoms with van der Waals surface area (Å²) in [6.07, 6.45) is 2.88. The van der Waals surface area contributed by atoms with Gasteiger partial charge in [-0.05, 0) is 58.8 Å². The molecule has 0 aliphatic heterocycles. The Balaban J connectivity index is 1.96. The fraction of sp³-hybridized carbons (Fsp3) is 0.294. The monoisotopic (exact) mass is 392 g/mol. The number of benzene rings is 1. The summed E-state index contributed by atoms with van der Waals surface area (Å²) >= 11 is 4.85. The van der Waals surface area contributed by atoms with Crippen molar-refractivity contribution in [1.82, 2.24) is 0 Å². The molecule has 1 heterocycles. The van der Waals surface area contributed by atoms with Crippen LogP contribution in [0.5, 0.6) is 0 Å². The number of carbonyl (C=O) groups is 2. The lowest BCUT2D eigenvalue weighted by atomic mass is 9.87. The Hall–Kier alpha value is -1.66. The van der Waals surface area contributed by atoms with E-state index >= 15 is 0 Å². The number of carbonyl (C=O) groups excluding carboxylic acids is 2. The van der Waals surface area contributed by atoms with Crippen LogP contribution in [0, 0.1) is 5.92 Å². The molecule has 1 aliphatic carbocycles. The second-order valence-electron chi connectivity index (χ2n) is 5.85. The first-order chi connectivity index (χ1) is 11.0. The Morgan fingerprint density at radius 2 is 2.09 bits per heavy atom. The van der Waals surface area contributed by atoms with E-state index in [4.69, 9.17) is 5.73 Å². The predicted molar refractivity (Wildman–Crippen MR) is 96.1 cm³/mol. The number of thiophene rings is 1. The molecule has 1 atom stereocenters. The van der Waals surface area contributed by atoms with Crippen LogP contribution in [0.15, 0.2) is 28.7 Å². The Labute approximate surface area is 147 Å². The van der Waals surface area contributed by atoms with Crippen LogP contribution in [-0.4, -0.2) is 11.8 Å². The number of nitrogens with two attached hydrogens (primary N) is 1. The maximum absolute atomic E-state index is 12.5. The van der Waals surface area contributed by atoms with Crippen molar-refractivity contribution in [2.75, 3.05) is 5.32 Å². The second kappa shape index (κ2) is 6.45. The molecule has 0 unspecified atom stereocenters. The van der Waals surface area contributed by atoms with Gasteiger partial charge in [0.25, 0.3) is 11.8 Å². The number of aryl methyl sites for hydroxylation is 1. The van der Waals surface area contributed by atoms with E-state index in [0.29, 0.717) is 26.5 Å². The van der Waals surface area contributed by atoms with Crippen molar-refractivity contribution in [3.8, 4) is 0 Å². The lowest BCUT2D eigenvalue weighted by Crippen LogP contribution is -2.20. The van der Waals surface area contributed by atoms with Gasteiger partial charge < -0.3 is 11.1 Å². The Morgan fingerprint density at radius 3 is 2.78 bits per heavy atom. The van der Waals surface area contributed by atoms with E-state index in [-0.39, 0.29) is 5.91 Å². The topological polar surface area (TPSA) is 72.2 Å². The summed E-state index contributed by atoms with van der Waals surface area (Å²) in [6.45, 7) is 2.17. The second-order valence-corrected chi connectivity index (χ2v) is 7.81. The highest BCUT2D eigenvalue weighted by Gasteiger charge is 2.27. The van der Waals surface area contributed by atoms with Crippen LogP contribution in [0.25, 0.3) is 0 Å². The number of nitrogens with one attached hydrogen (secondary N) is 1.